The van der Waals surface area contributed by atoms with Crippen LogP contribution in [-0.2, 0) is 9.53 Å². The molecule has 1 aliphatic heterocycles. The Labute approximate surface area is 102 Å². The topological polar surface area (TPSA) is 63.6 Å². The molecule has 88 valence electrons. The zero-order valence-electron chi connectivity index (χ0n) is 8.72. The van der Waals surface area contributed by atoms with Crippen LogP contribution in [0.4, 0.5) is 0 Å². The Hall–Kier alpha value is -1.81. The van der Waals surface area contributed by atoms with Gasteiger partial charge in [-0.2, -0.15) is 0 Å². The first-order valence-corrected chi connectivity index (χ1v) is 5.34. The molecule has 0 fully saturated rings. The summed E-state index contributed by atoms with van der Waals surface area (Å²) in [6, 6.07) is 4.41. The van der Waals surface area contributed by atoms with Crippen LogP contribution in [0.1, 0.15) is 28.4 Å². The molecule has 0 amide bonds. The summed E-state index contributed by atoms with van der Waals surface area (Å²) in [6.07, 6.45) is 2.40. The van der Waals surface area contributed by atoms with E-state index in [1.807, 2.05) is 0 Å². The Kier molecular flexibility index (Phi) is 3.15. The average molecular weight is 253 g/mol. The first kappa shape index (κ1) is 11.7. The van der Waals surface area contributed by atoms with Gasteiger partial charge < -0.3 is 9.84 Å². The molecule has 0 saturated heterocycles. The summed E-state index contributed by atoms with van der Waals surface area (Å²) in [6.45, 7) is 0. The van der Waals surface area contributed by atoms with Crippen molar-refractivity contribution in [3.05, 3.63) is 46.2 Å². The summed E-state index contributed by atoms with van der Waals surface area (Å²) in [7, 11) is 0. The highest BCUT2D eigenvalue weighted by atomic mass is 35.5. The fourth-order valence-electron chi connectivity index (χ4n) is 1.67. The Morgan fingerprint density at radius 2 is 2.29 bits per heavy atom. The highest BCUT2D eigenvalue weighted by molar-refractivity contribution is 6.31. The van der Waals surface area contributed by atoms with Gasteiger partial charge in [0.1, 0.15) is 6.10 Å². The summed E-state index contributed by atoms with van der Waals surface area (Å²) >= 11 is 5.99. The van der Waals surface area contributed by atoms with Crippen LogP contribution in [0.15, 0.2) is 30.0 Å². The molecular formula is C12H9ClO4. The number of carbonyl (C=O) groups is 2. The van der Waals surface area contributed by atoms with Gasteiger partial charge in [-0.05, 0) is 24.3 Å². The molecule has 1 unspecified atom stereocenters. The van der Waals surface area contributed by atoms with E-state index in [-0.39, 0.29) is 17.4 Å². The van der Waals surface area contributed by atoms with Gasteiger partial charge >= 0.3 is 5.97 Å². The number of ether oxygens (including phenoxy) is 1. The first-order valence-electron chi connectivity index (χ1n) is 4.96. The predicted octanol–water partition coefficient (Wildman–Crippen LogP) is 2.58. The summed E-state index contributed by atoms with van der Waals surface area (Å²) < 4.78 is 5.33. The second-order valence-electron chi connectivity index (χ2n) is 3.61. The molecule has 1 atom stereocenters. The van der Waals surface area contributed by atoms with Gasteiger partial charge in [0, 0.05) is 17.0 Å². The van der Waals surface area contributed by atoms with Crippen molar-refractivity contribution in [1.82, 2.24) is 0 Å². The van der Waals surface area contributed by atoms with Crippen LogP contribution >= 0.6 is 11.6 Å². The smallest absolute Gasteiger partial charge is 0.335 e. The molecule has 1 aliphatic rings. The molecule has 1 aromatic rings. The van der Waals surface area contributed by atoms with Crippen molar-refractivity contribution >= 4 is 23.9 Å². The Balaban J connectivity index is 2.30. The molecule has 0 spiro atoms. The number of benzene rings is 1. The molecule has 5 heteroatoms. The van der Waals surface area contributed by atoms with E-state index >= 15 is 0 Å². The van der Waals surface area contributed by atoms with Crippen molar-refractivity contribution in [2.45, 2.75) is 12.5 Å². The molecule has 1 heterocycles. The molecule has 0 radical (unpaired) electrons. The Bertz CT molecular complexity index is 507. The van der Waals surface area contributed by atoms with Crippen LogP contribution in [0.2, 0.25) is 5.02 Å². The van der Waals surface area contributed by atoms with Crippen LogP contribution < -0.4 is 0 Å². The number of hydrogen-bond acceptors (Lipinski definition) is 3. The highest BCUT2D eigenvalue weighted by Crippen LogP contribution is 2.34. The molecule has 0 bridgehead atoms. The van der Waals surface area contributed by atoms with E-state index in [4.69, 9.17) is 21.4 Å². The lowest BCUT2D eigenvalue weighted by molar-refractivity contribution is -0.108. The second-order valence-corrected chi connectivity index (χ2v) is 4.02. The fraction of sp³-hybridized carbons (Fsp3) is 0.167. The number of aromatic carboxylic acids is 1. The minimum absolute atomic E-state index is 0.146. The molecule has 2 rings (SSSR count). The quantitative estimate of drug-likeness (QED) is 0.840. The standard InChI is InChI=1S/C12H9ClO4/c13-10-3-1-7(12(15)16)5-9(10)11-4-2-8(6-14)17-11/h1-3,5-6,11H,4H2,(H,15,16). The molecule has 4 nitrogen and oxygen atoms in total. The number of rotatable bonds is 3. The fourth-order valence-corrected chi connectivity index (χ4v) is 1.91. The third-order valence-electron chi connectivity index (χ3n) is 2.52. The van der Waals surface area contributed by atoms with Crippen LogP contribution in [0, 0.1) is 0 Å². The minimum atomic E-state index is -1.02. The van der Waals surface area contributed by atoms with Crippen molar-refractivity contribution < 1.29 is 19.4 Å². The predicted molar refractivity (Wildman–Crippen MR) is 61.0 cm³/mol. The SMILES string of the molecule is O=CC1=CCC(c2cc(C(=O)O)ccc2Cl)O1. The van der Waals surface area contributed by atoms with Crippen LogP contribution in [0.25, 0.3) is 0 Å². The number of halogens is 1. The molecule has 0 aromatic heterocycles. The number of aldehydes is 1. The number of carbonyl (C=O) groups excluding carboxylic acids is 1. The van der Waals surface area contributed by atoms with E-state index in [0.717, 1.165) is 0 Å². The highest BCUT2D eigenvalue weighted by Gasteiger charge is 2.23. The maximum Gasteiger partial charge on any atom is 0.335 e. The second kappa shape index (κ2) is 4.59. The molecule has 0 aliphatic carbocycles. The summed E-state index contributed by atoms with van der Waals surface area (Å²) in [4.78, 5) is 21.4. The maximum atomic E-state index is 10.8. The lowest BCUT2D eigenvalue weighted by Gasteiger charge is -2.14. The molecule has 1 aromatic carbocycles. The number of allylic oxidation sites excluding steroid dienone is 1. The lowest BCUT2D eigenvalue weighted by atomic mass is 10.0. The van der Waals surface area contributed by atoms with Gasteiger partial charge in [0.2, 0.25) is 0 Å². The van der Waals surface area contributed by atoms with E-state index < -0.39 is 5.97 Å². The summed E-state index contributed by atoms with van der Waals surface area (Å²) in [5, 5.41) is 9.32. The van der Waals surface area contributed by atoms with Gasteiger partial charge in [0.05, 0.1) is 5.56 Å². The van der Waals surface area contributed by atoms with Crippen molar-refractivity contribution in [2.75, 3.05) is 0 Å². The molecule has 1 N–H and O–H groups in total. The largest absolute Gasteiger partial charge is 0.482 e. The third kappa shape index (κ3) is 2.31. The number of carboxylic acids is 1. The average Bonchev–Trinajstić information content (AvgIpc) is 2.77. The number of carboxylic acid groups (broad SMARTS) is 1. The van der Waals surface area contributed by atoms with Gasteiger partial charge in [0.25, 0.3) is 0 Å². The van der Waals surface area contributed by atoms with E-state index in [1.165, 1.54) is 18.2 Å². The zero-order valence-corrected chi connectivity index (χ0v) is 9.48. The van der Waals surface area contributed by atoms with Crippen molar-refractivity contribution in [3.8, 4) is 0 Å². The van der Waals surface area contributed by atoms with Crippen molar-refractivity contribution in [1.29, 1.82) is 0 Å². The molecule has 17 heavy (non-hydrogen) atoms. The van der Waals surface area contributed by atoms with E-state index in [1.54, 1.807) is 6.08 Å². The monoisotopic (exact) mass is 252 g/mol. The van der Waals surface area contributed by atoms with Crippen LogP contribution in [0.5, 0.6) is 0 Å². The van der Waals surface area contributed by atoms with E-state index in [2.05, 4.69) is 0 Å². The van der Waals surface area contributed by atoms with Gasteiger partial charge in [-0.15, -0.1) is 0 Å². The third-order valence-corrected chi connectivity index (χ3v) is 2.86. The van der Waals surface area contributed by atoms with Gasteiger partial charge in [-0.25, -0.2) is 4.79 Å². The first-order chi connectivity index (χ1) is 8.11. The maximum absolute atomic E-state index is 10.8. The van der Waals surface area contributed by atoms with E-state index in [9.17, 15) is 9.59 Å². The van der Waals surface area contributed by atoms with Gasteiger partial charge in [-0.1, -0.05) is 11.6 Å². The molecule has 0 saturated carbocycles. The minimum Gasteiger partial charge on any atom is -0.482 e. The molecular weight excluding hydrogens is 244 g/mol. The lowest BCUT2D eigenvalue weighted by Crippen LogP contribution is -2.03. The van der Waals surface area contributed by atoms with Gasteiger partial charge in [-0.3, -0.25) is 4.79 Å². The van der Waals surface area contributed by atoms with Crippen LogP contribution in [0.3, 0.4) is 0 Å². The Morgan fingerprint density at radius 3 is 2.88 bits per heavy atom. The van der Waals surface area contributed by atoms with Crippen molar-refractivity contribution in [3.63, 3.8) is 0 Å². The van der Waals surface area contributed by atoms with E-state index in [0.29, 0.717) is 23.3 Å². The normalized spacial score (nSPS) is 18.4. The zero-order chi connectivity index (χ0) is 12.4. The summed E-state index contributed by atoms with van der Waals surface area (Å²) in [5.74, 6) is -0.767. The Morgan fingerprint density at radius 1 is 1.53 bits per heavy atom. The summed E-state index contributed by atoms with van der Waals surface area (Å²) in [5.41, 5.74) is 0.729. The number of hydrogen-bond donors (Lipinski definition) is 1. The van der Waals surface area contributed by atoms with Gasteiger partial charge in [0.15, 0.2) is 12.0 Å². The van der Waals surface area contributed by atoms with Crippen molar-refractivity contribution in [2.24, 2.45) is 0 Å². The van der Waals surface area contributed by atoms with Crippen LogP contribution in [-0.4, -0.2) is 17.4 Å².